The molecule has 1 aliphatic rings. The van der Waals surface area contributed by atoms with Gasteiger partial charge in [-0.15, -0.1) is 0 Å². The van der Waals surface area contributed by atoms with Gasteiger partial charge in [-0.1, -0.05) is 17.3 Å². The third-order valence-corrected chi connectivity index (χ3v) is 6.44. The number of aromatic nitrogens is 3. The van der Waals surface area contributed by atoms with Gasteiger partial charge in [0.2, 0.25) is 0 Å². The van der Waals surface area contributed by atoms with Gasteiger partial charge in [-0.25, -0.2) is 14.4 Å². The van der Waals surface area contributed by atoms with Crippen molar-refractivity contribution in [3.63, 3.8) is 0 Å². The van der Waals surface area contributed by atoms with Gasteiger partial charge in [0.15, 0.2) is 5.82 Å². The molecule has 1 aliphatic heterocycles. The van der Waals surface area contributed by atoms with Crippen molar-refractivity contribution in [2.45, 2.75) is 32.9 Å². The van der Waals surface area contributed by atoms with Crippen molar-refractivity contribution in [3.8, 4) is 28.4 Å². The number of piperazine rings is 1. The van der Waals surface area contributed by atoms with Crippen molar-refractivity contribution in [1.29, 1.82) is 0 Å². The second-order valence-electron chi connectivity index (χ2n) is 9.20. The third kappa shape index (κ3) is 6.00. The van der Waals surface area contributed by atoms with Crippen molar-refractivity contribution in [1.82, 2.24) is 25.3 Å². The van der Waals surface area contributed by atoms with Gasteiger partial charge in [-0.2, -0.15) is 0 Å². The molecule has 36 heavy (non-hydrogen) atoms. The Morgan fingerprint density at radius 2 is 2.08 bits per heavy atom. The number of halogens is 1. The standard InChI is InChI=1S/C26H35FN6O3/c1-17-15-33(11-10-32(17)9-8-27)24-13-23(25-18(2)31-36-19(25)3)29-26(30-24)20-6-5-7-22(12-20)35-16-21(34)14-28-4/h5-7,12-13,17,21,28,34H,8-11,14-16H2,1-4H3/t17-,21?/m0/s1. The molecule has 3 heterocycles. The van der Waals surface area contributed by atoms with Crippen LogP contribution in [-0.2, 0) is 0 Å². The first kappa shape index (κ1) is 26.0. The van der Waals surface area contributed by atoms with E-state index in [9.17, 15) is 9.50 Å². The lowest BCUT2D eigenvalue weighted by molar-refractivity contribution is 0.108. The minimum atomic E-state index is -0.609. The maximum absolute atomic E-state index is 12.9. The zero-order valence-corrected chi connectivity index (χ0v) is 21.4. The number of ether oxygens (including phenoxy) is 1. The highest BCUT2D eigenvalue weighted by Gasteiger charge is 2.26. The SMILES string of the molecule is CNCC(O)COc1cccc(-c2nc(-c3c(C)noc3C)cc(N3CCN(CCF)[C@@H](C)C3)n2)c1. The summed E-state index contributed by atoms with van der Waals surface area (Å²) in [5, 5.41) is 17.0. The van der Waals surface area contributed by atoms with E-state index < -0.39 is 6.10 Å². The number of likely N-dealkylation sites (N-methyl/N-ethyl adjacent to an activating group) is 1. The lowest BCUT2D eigenvalue weighted by atomic mass is 10.1. The molecule has 4 rings (SSSR count). The second-order valence-corrected chi connectivity index (χ2v) is 9.20. The minimum absolute atomic E-state index is 0.177. The molecule has 0 spiro atoms. The van der Waals surface area contributed by atoms with E-state index in [0.717, 1.165) is 48.0 Å². The second kappa shape index (κ2) is 11.8. The minimum Gasteiger partial charge on any atom is -0.491 e. The molecule has 1 unspecified atom stereocenters. The van der Waals surface area contributed by atoms with Gasteiger partial charge in [-0.05, 0) is 40.0 Å². The van der Waals surface area contributed by atoms with Crippen LogP contribution in [0.5, 0.6) is 5.75 Å². The van der Waals surface area contributed by atoms with E-state index in [0.29, 0.717) is 30.4 Å². The summed E-state index contributed by atoms with van der Waals surface area (Å²) in [5.74, 6) is 2.68. The molecule has 9 nitrogen and oxygen atoms in total. The summed E-state index contributed by atoms with van der Waals surface area (Å²) in [5.41, 5.74) is 3.15. The zero-order chi connectivity index (χ0) is 25.7. The number of alkyl halides is 1. The van der Waals surface area contributed by atoms with Gasteiger partial charge < -0.3 is 24.6 Å². The maximum Gasteiger partial charge on any atom is 0.162 e. The van der Waals surface area contributed by atoms with Crippen molar-refractivity contribution < 1.29 is 18.8 Å². The summed E-state index contributed by atoms with van der Waals surface area (Å²) in [6, 6.07) is 9.73. The molecule has 10 heteroatoms. The molecule has 0 saturated carbocycles. The van der Waals surface area contributed by atoms with Crippen LogP contribution in [0.1, 0.15) is 18.4 Å². The Kier molecular flexibility index (Phi) is 8.50. The molecule has 0 bridgehead atoms. The lowest BCUT2D eigenvalue weighted by Crippen LogP contribution is -2.52. The number of aryl methyl sites for hydroxylation is 2. The maximum atomic E-state index is 12.9. The van der Waals surface area contributed by atoms with Crippen LogP contribution in [0.15, 0.2) is 34.9 Å². The molecule has 0 amide bonds. The fourth-order valence-electron chi connectivity index (χ4n) is 4.56. The molecule has 2 atom stereocenters. The Balaban J connectivity index is 1.68. The van der Waals surface area contributed by atoms with E-state index in [2.05, 4.69) is 27.2 Å². The number of rotatable bonds is 10. The van der Waals surface area contributed by atoms with Crippen LogP contribution in [0.25, 0.3) is 22.6 Å². The average Bonchev–Trinajstić information content (AvgIpc) is 3.22. The first-order valence-corrected chi connectivity index (χ1v) is 12.3. The Morgan fingerprint density at radius 3 is 2.78 bits per heavy atom. The third-order valence-electron chi connectivity index (χ3n) is 6.44. The van der Waals surface area contributed by atoms with Crippen molar-refractivity contribution in [3.05, 3.63) is 41.8 Å². The largest absolute Gasteiger partial charge is 0.491 e. The number of nitrogens with one attached hydrogen (secondary N) is 1. The zero-order valence-electron chi connectivity index (χ0n) is 21.4. The highest BCUT2D eigenvalue weighted by Crippen LogP contribution is 2.32. The Hall–Kier alpha value is -3.08. The first-order chi connectivity index (χ1) is 17.4. The van der Waals surface area contributed by atoms with E-state index in [-0.39, 0.29) is 19.3 Å². The fourth-order valence-corrected chi connectivity index (χ4v) is 4.56. The normalized spacial score (nSPS) is 17.4. The fraction of sp³-hybridized carbons (Fsp3) is 0.500. The number of aliphatic hydroxyl groups excluding tert-OH is 1. The van der Waals surface area contributed by atoms with Gasteiger partial charge >= 0.3 is 0 Å². The van der Waals surface area contributed by atoms with Gasteiger partial charge in [0, 0.05) is 50.4 Å². The molecule has 194 valence electrons. The lowest BCUT2D eigenvalue weighted by Gasteiger charge is -2.40. The quantitative estimate of drug-likeness (QED) is 0.437. The highest BCUT2D eigenvalue weighted by atomic mass is 19.1. The molecular weight excluding hydrogens is 463 g/mol. The van der Waals surface area contributed by atoms with Crippen LogP contribution >= 0.6 is 0 Å². The predicted octanol–water partition coefficient (Wildman–Crippen LogP) is 2.85. The number of hydrogen-bond donors (Lipinski definition) is 2. The highest BCUT2D eigenvalue weighted by molar-refractivity contribution is 5.71. The molecule has 3 aromatic rings. The van der Waals surface area contributed by atoms with Gasteiger partial charge in [-0.3, -0.25) is 4.90 Å². The van der Waals surface area contributed by atoms with Crippen LogP contribution in [0, 0.1) is 13.8 Å². The average molecular weight is 499 g/mol. The topological polar surface area (TPSA) is 99.8 Å². The van der Waals surface area contributed by atoms with E-state index in [1.165, 1.54) is 0 Å². The Labute approximate surface area is 211 Å². The first-order valence-electron chi connectivity index (χ1n) is 12.3. The number of nitrogens with zero attached hydrogens (tertiary/aromatic N) is 5. The summed E-state index contributed by atoms with van der Waals surface area (Å²) in [7, 11) is 1.78. The van der Waals surface area contributed by atoms with Crippen LogP contribution in [0.3, 0.4) is 0 Å². The van der Waals surface area contributed by atoms with Gasteiger partial charge in [0.25, 0.3) is 0 Å². The molecule has 1 fully saturated rings. The van der Waals surface area contributed by atoms with Crippen molar-refractivity contribution >= 4 is 5.82 Å². The molecule has 0 aliphatic carbocycles. The molecule has 1 saturated heterocycles. The molecular formula is C26H35FN6O3. The van der Waals surface area contributed by atoms with E-state index in [4.69, 9.17) is 19.2 Å². The van der Waals surface area contributed by atoms with E-state index in [1.807, 2.05) is 44.2 Å². The number of hydrogen-bond acceptors (Lipinski definition) is 9. The van der Waals surface area contributed by atoms with Crippen LogP contribution in [0.4, 0.5) is 10.2 Å². The molecule has 2 aromatic heterocycles. The number of benzene rings is 1. The molecule has 2 N–H and O–H groups in total. The summed E-state index contributed by atoms with van der Waals surface area (Å²) < 4.78 is 24.2. The number of aliphatic hydroxyl groups is 1. The Bertz CT molecular complexity index is 1140. The van der Waals surface area contributed by atoms with Crippen LogP contribution in [-0.4, -0.2) is 90.3 Å². The van der Waals surface area contributed by atoms with Crippen LogP contribution < -0.4 is 15.0 Å². The molecule has 0 radical (unpaired) electrons. The Morgan fingerprint density at radius 1 is 1.25 bits per heavy atom. The summed E-state index contributed by atoms with van der Waals surface area (Å²) in [4.78, 5) is 14.2. The van der Waals surface area contributed by atoms with Gasteiger partial charge in [0.05, 0.1) is 17.0 Å². The van der Waals surface area contributed by atoms with Crippen molar-refractivity contribution in [2.24, 2.45) is 0 Å². The van der Waals surface area contributed by atoms with E-state index in [1.54, 1.807) is 7.05 Å². The summed E-state index contributed by atoms with van der Waals surface area (Å²) in [6.45, 7) is 8.87. The monoisotopic (exact) mass is 498 g/mol. The summed E-state index contributed by atoms with van der Waals surface area (Å²) in [6.07, 6.45) is -0.609. The molecule has 1 aromatic carbocycles. The van der Waals surface area contributed by atoms with E-state index >= 15 is 0 Å². The smallest absolute Gasteiger partial charge is 0.162 e. The predicted molar refractivity (Wildman–Crippen MR) is 137 cm³/mol. The number of anilines is 1. The van der Waals surface area contributed by atoms with Gasteiger partial charge in [0.1, 0.15) is 36.7 Å². The van der Waals surface area contributed by atoms with Crippen molar-refractivity contribution in [2.75, 3.05) is 58.0 Å². The van der Waals surface area contributed by atoms with Crippen LogP contribution in [0.2, 0.25) is 0 Å². The summed E-state index contributed by atoms with van der Waals surface area (Å²) >= 11 is 0.